The summed E-state index contributed by atoms with van der Waals surface area (Å²) in [6.45, 7) is 3.96. The zero-order valence-corrected chi connectivity index (χ0v) is 11.2. The van der Waals surface area contributed by atoms with Gasteiger partial charge in [0, 0.05) is 12.6 Å². The van der Waals surface area contributed by atoms with Gasteiger partial charge in [0.15, 0.2) is 0 Å². The summed E-state index contributed by atoms with van der Waals surface area (Å²) >= 11 is 0. The minimum Gasteiger partial charge on any atom is -0.267 e. The van der Waals surface area contributed by atoms with Gasteiger partial charge in [-0.1, -0.05) is 25.1 Å². The van der Waals surface area contributed by atoms with Gasteiger partial charge in [-0.3, -0.25) is 4.79 Å². The molecule has 98 valence electrons. The monoisotopic (exact) mass is 255 g/mol. The van der Waals surface area contributed by atoms with Crippen molar-refractivity contribution >= 4 is 17.1 Å². The largest absolute Gasteiger partial charge is 0.282 e. The van der Waals surface area contributed by atoms with Crippen LogP contribution in [0.4, 0.5) is 0 Å². The molecule has 0 amide bonds. The van der Waals surface area contributed by atoms with Crippen LogP contribution in [-0.4, -0.2) is 15.9 Å². The molecule has 0 aliphatic heterocycles. The molecule has 0 saturated heterocycles. The van der Waals surface area contributed by atoms with Crippen LogP contribution in [0.2, 0.25) is 0 Å². The summed E-state index contributed by atoms with van der Waals surface area (Å²) in [5.74, 6) is 0.701. The van der Waals surface area contributed by atoms with E-state index < -0.39 is 0 Å². The van der Waals surface area contributed by atoms with E-state index in [0.29, 0.717) is 11.2 Å². The van der Waals surface area contributed by atoms with E-state index in [4.69, 9.17) is 0 Å². The number of hydrogen-bond acceptors (Lipinski definition) is 3. The molecule has 0 saturated carbocycles. The van der Waals surface area contributed by atoms with Crippen LogP contribution in [0.25, 0.3) is 10.9 Å². The first-order valence-electron chi connectivity index (χ1n) is 6.44. The lowest BCUT2D eigenvalue weighted by Gasteiger charge is -2.07. The standard InChI is InChI=1S/C15H17N3O/c1-3-5-11-16-18-14(8-4-2)17-13-10-7-6-9-12(13)15(18)19/h3,5-7,9-11H,4,8H2,1-2H3. The first-order chi connectivity index (χ1) is 9.27. The molecule has 0 radical (unpaired) electrons. The maximum atomic E-state index is 12.4. The minimum atomic E-state index is -0.116. The van der Waals surface area contributed by atoms with E-state index in [0.717, 1.165) is 18.4 Å². The Labute approximate surface area is 112 Å². The normalized spacial score (nSPS) is 11.9. The Hall–Kier alpha value is -2.23. The van der Waals surface area contributed by atoms with Gasteiger partial charge in [0.05, 0.1) is 10.9 Å². The summed E-state index contributed by atoms with van der Waals surface area (Å²) in [5.41, 5.74) is 0.614. The highest BCUT2D eigenvalue weighted by Gasteiger charge is 2.08. The van der Waals surface area contributed by atoms with Crippen molar-refractivity contribution in [2.45, 2.75) is 26.7 Å². The summed E-state index contributed by atoms with van der Waals surface area (Å²) in [5, 5.41) is 4.79. The van der Waals surface area contributed by atoms with Crippen molar-refractivity contribution in [1.29, 1.82) is 0 Å². The lowest BCUT2D eigenvalue weighted by atomic mass is 10.2. The topological polar surface area (TPSA) is 47.2 Å². The molecule has 19 heavy (non-hydrogen) atoms. The predicted octanol–water partition coefficient (Wildman–Crippen LogP) is 2.76. The minimum absolute atomic E-state index is 0.116. The second-order valence-electron chi connectivity index (χ2n) is 4.20. The molecule has 4 nitrogen and oxygen atoms in total. The van der Waals surface area contributed by atoms with Crippen molar-refractivity contribution in [2.75, 3.05) is 0 Å². The van der Waals surface area contributed by atoms with Crippen molar-refractivity contribution in [2.24, 2.45) is 5.10 Å². The molecule has 2 aromatic rings. The van der Waals surface area contributed by atoms with Gasteiger partial charge in [0.1, 0.15) is 5.82 Å². The zero-order chi connectivity index (χ0) is 13.7. The highest BCUT2D eigenvalue weighted by Crippen LogP contribution is 2.09. The van der Waals surface area contributed by atoms with Crippen LogP contribution in [-0.2, 0) is 6.42 Å². The molecule has 0 aliphatic rings. The lowest BCUT2D eigenvalue weighted by Crippen LogP contribution is -2.22. The maximum absolute atomic E-state index is 12.4. The molecule has 1 aromatic heterocycles. The molecule has 0 bridgehead atoms. The molecule has 2 rings (SSSR count). The second kappa shape index (κ2) is 6.09. The molecule has 0 atom stereocenters. The molecule has 0 spiro atoms. The van der Waals surface area contributed by atoms with Crippen molar-refractivity contribution in [3.05, 3.63) is 52.6 Å². The van der Waals surface area contributed by atoms with Crippen LogP contribution in [0, 0.1) is 0 Å². The van der Waals surface area contributed by atoms with Crippen LogP contribution in [0.5, 0.6) is 0 Å². The number of nitrogens with zero attached hydrogens (tertiary/aromatic N) is 3. The SMILES string of the molecule is CC=CC=Nn1c(CCC)nc2ccccc2c1=O. The highest BCUT2D eigenvalue weighted by molar-refractivity contribution is 5.77. The van der Waals surface area contributed by atoms with Crippen molar-refractivity contribution in [3.63, 3.8) is 0 Å². The molecular formula is C15H17N3O. The summed E-state index contributed by atoms with van der Waals surface area (Å²) in [6.07, 6.45) is 6.91. The van der Waals surface area contributed by atoms with Gasteiger partial charge in [-0.05, 0) is 31.6 Å². The molecule has 0 N–H and O–H groups in total. The van der Waals surface area contributed by atoms with E-state index in [9.17, 15) is 4.79 Å². The molecule has 0 unspecified atom stereocenters. The van der Waals surface area contributed by atoms with Gasteiger partial charge in [0.2, 0.25) is 0 Å². The third-order valence-corrected chi connectivity index (χ3v) is 2.76. The second-order valence-corrected chi connectivity index (χ2v) is 4.20. The van der Waals surface area contributed by atoms with Crippen LogP contribution >= 0.6 is 0 Å². The quantitative estimate of drug-likeness (QED) is 0.789. The molecule has 1 heterocycles. The zero-order valence-electron chi connectivity index (χ0n) is 11.2. The Bertz CT molecular complexity index is 683. The average Bonchev–Trinajstić information content (AvgIpc) is 2.43. The fraction of sp³-hybridized carbons (Fsp3) is 0.267. The first kappa shape index (κ1) is 13.2. The fourth-order valence-electron chi connectivity index (χ4n) is 1.87. The number of para-hydroxylation sites is 1. The van der Waals surface area contributed by atoms with Crippen LogP contribution in [0.1, 0.15) is 26.1 Å². The summed E-state index contributed by atoms with van der Waals surface area (Å²) in [7, 11) is 0. The molecule has 0 fully saturated rings. The van der Waals surface area contributed by atoms with Crippen molar-refractivity contribution in [1.82, 2.24) is 9.66 Å². The van der Waals surface area contributed by atoms with E-state index in [1.807, 2.05) is 31.2 Å². The molecule has 4 heteroatoms. The third-order valence-electron chi connectivity index (χ3n) is 2.76. The van der Waals surface area contributed by atoms with Crippen molar-refractivity contribution in [3.8, 4) is 0 Å². The molecule has 0 aliphatic carbocycles. The highest BCUT2D eigenvalue weighted by atomic mass is 16.1. The summed E-state index contributed by atoms with van der Waals surface area (Å²) < 4.78 is 1.39. The van der Waals surface area contributed by atoms with Crippen LogP contribution in [0.15, 0.2) is 46.3 Å². The van der Waals surface area contributed by atoms with E-state index in [1.165, 1.54) is 4.68 Å². The molecular weight excluding hydrogens is 238 g/mol. The van der Waals surface area contributed by atoms with Gasteiger partial charge in [-0.2, -0.15) is 9.78 Å². The maximum Gasteiger partial charge on any atom is 0.282 e. The number of hydrogen-bond donors (Lipinski definition) is 0. The fourth-order valence-corrected chi connectivity index (χ4v) is 1.87. The van der Waals surface area contributed by atoms with E-state index in [1.54, 1.807) is 18.4 Å². The number of rotatable bonds is 4. The molecule has 1 aromatic carbocycles. The van der Waals surface area contributed by atoms with Crippen molar-refractivity contribution < 1.29 is 0 Å². The Morgan fingerprint density at radius 3 is 2.89 bits per heavy atom. The number of fused-ring (bicyclic) bond motifs is 1. The summed E-state index contributed by atoms with van der Waals surface area (Å²) in [6, 6.07) is 7.36. The predicted molar refractivity (Wildman–Crippen MR) is 78.7 cm³/mol. The van der Waals surface area contributed by atoms with E-state index in [2.05, 4.69) is 17.0 Å². The third kappa shape index (κ3) is 2.78. The van der Waals surface area contributed by atoms with E-state index >= 15 is 0 Å². The van der Waals surface area contributed by atoms with Gasteiger partial charge in [0.25, 0.3) is 5.56 Å². The number of allylic oxidation sites excluding steroid dienone is 2. The van der Waals surface area contributed by atoms with Crippen LogP contribution < -0.4 is 5.56 Å². The Kier molecular flexibility index (Phi) is 4.23. The number of aromatic nitrogens is 2. The lowest BCUT2D eigenvalue weighted by molar-refractivity contribution is 0.704. The van der Waals surface area contributed by atoms with E-state index in [-0.39, 0.29) is 5.56 Å². The van der Waals surface area contributed by atoms with Gasteiger partial charge in [-0.15, -0.1) is 0 Å². The summed E-state index contributed by atoms with van der Waals surface area (Å²) in [4.78, 5) is 16.9. The van der Waals surface area contributed by atoms with Gasteiger partial charge in [-0.25, -0.2) is 4.98 Å². The number of benzene rings is 1. The Morgan fingerprint density at radius 1 is 1.37 bits per heavy atom. The van der Waals surface area contributed by atoms with Gasteiger partial charge >= 0.3 is 0 Å². The van der Waals surface area contributed by atoms with Gasteiger partial charge < -0.3 is 0 Å². The Balaban J connectivity index is 2.67. The smallest absolute Gasteiger partial charge is 0.267 e. The number of aryl methyl sites for hydroxylation is 1. The Morgan fingerprint density at radius 2 is 2.16 bits per heavy atom. The van der Waals surface area contributed by atoms with Crippen LogP contribution in [0.3, 0.4) is 0 Å². The first-order valence-corrected chi connectivity index (χ1v) is 6.44. The average molecular weight is 255 g/mol.